The van der Waals surface area contributed by atoms with Crippen LogP contribution in [-0.2, 0) is 4.74 Å². The average molecular weight is 534 g/mol. The first-order chi connectivity index (χ1) is 14.1. The fraction of sp³-hybridized carbons (Fsp3) is 0.682. The Morgan fingerprint density at radius 2 is 1.87 bits per heavy atom. The molecule has 7 nitrogen and oxygen atoms in total. The Labute approximate surface area is 198 Å². The summed E-state index contributed by atoms with van der Waals surface area (Å²) in [5.74, 6) is 1.56. The molecule has 3 N–H and O–H groups in total. The molecule has 1 heterocycles. The molecule has 8 heteroatoms. The minimum absolute atomic E-state index is 0. The molecule has 1 aliphatic heterocycles. The number of hydrogen-bond donors (Lipinski definition) is 3. The highest BCUT2D eigenvalue weighted by atomic mass is 127. The van der Waals surface area contributed by atoms with Crippen LogP contribution in [0.15, 0.2) is 29.3 Å². The van der Waals surface area contributed by atoms with Crippen LogP contribution in [0.1, 0.15) is 45.3 Å². The summed E-state index contributed by atoms with van der Waals surface area (Å²) >= 11 is 0. The van der Waals surface area contributed by atoms with E-state index in [-0.39, 0.29) is 30.1 Å². The first-order valence-corrected chi connectivity index (χ1v) is 10.9. The van der Waals surface area contributed by atoms with Crippen molar-refractivity contribution in [3.05, 3.63) is 29.8 Å². The van der Waals surface area contributed by atoms with E-state index in [2.05, 4.69) is 20.5 Å². The maximum absolute atomic E-state index is 10.4. The van der Waals surface area contributed by atoms with Crippen LogP contribution in [0.25, 0.3) is 0 Å². The molecule has 30 heavy (non-hydrogen) atoms. The van der Waals surface area contributed by atoms with Crippen molar-refractivity contribution in [2.24, 2.45) is 4.99 Å². The quantitative estimate of drug-likeness (QED) is 0.176. The van der Waals surface area contributed by atoms with Gasteiger partial charge in [-0.3, -0.25) is 9.89 Å². The van der Waals surface area contributed by atoms with Crippen LogP contribution in [0.5, 0.6) is 5.75 Å². The van der Waals surface area contributed by atoms with Gasteiger partial charge >= 0.3 is 0 Å². The lowest BCUT2D eigenvalue weighted by atomic mass is 10.1. The molecule has 0 radical (unpaired) electrons. The number of nitrogens with zero attached hydrogens (tertiary/aromatic N) is 2. The standard InChI is InChI=1S/C22H38N4O3.HI/c1-4-23-22(24-11-5-6-12-26-13-15-28-16-14-26)25-17-21(27)19-7-9-20(10-8-19)29-18(2)3;/h7-10,18,21,27H,4-6,11-17H2,1-3H3,(H2,23,24,25);1H. The zero-order chi connectivity index (χ0) is 20.9. The Kier molecular flexibility index (Phi) is 14.1. The van der Waals surface area contributed by atoms with Gasteiger partial charge in [-0.25, -0.2) is 0 Å². The zero-order valence-corrected chi connectivity index (χ0v) is 20.9. The van der Waals surface area contributed by atoms with Gasteiger partial charge in [-0.1, -0.05) is 12.1 Å². The molecule has 0 aromatic heterocycles. The van der Waals surface area contributed by atoms with Gasteiger partial charge in [0, 0.05) is 26.2 Å². The van der Waals surface area contributed by atoms with E-state index >= 15 is 0 Å². The van der Waals surface area contributed by atoms with Crippen LogP contribution >= 0.6 is 24.0 Å². The van der Waals surface area contributed by atoms with Gasteiger partial charge in [-0.15, -0.1) is 24.0 Å². The zero-order valence-electron chi connectivity index (χ0n) is 18.6. The molecular weight excluding hydrogens is 495 g/mol. The van der Waals surface area contributed by atoms with Crippen molar-refractivity contribution in [3.63, 3.8) is 0 Å². The van der Waals surface area contributed by atoms with Crippen LogP contribution in [0.2, 0.25) is 0 Å². The molecule has 2 rings (SSSR count). The van der Waals surface area contributed by atoms with Crippen molar-refractivity contribution in [2.75, 3.05) is 52.5 Å². The molecule has 1 aliphatic rings. The maximum Gasteiger partial charge on any atom is 0.191 e. The molecule has 1 aromatic carbocycles. The molecule has 0 aliphatic carbocycles. The fourth-order valence-electron chi connectivity index (χ4n) is 3.16. The number of rotatable bonds is 11. The lowest BCUT2D eigenvalue weighted by Gasteiger charge is -2.26. The van der Waals surface area contributed by atoms with Crippen molar-refractivity contribution in [2.45, 2.75) is 45.8 Å². The summed E-state index contributed by atoms with van der Waals surface area (Å²) in [6.07, 6.45) is 1.74. The highest BCUT2D eigenvalue weighted by Gasteiger charge is 2.10. The number of benzene rings is 1. The SMILES string of the molecule is CCNC(=NCC(O)c1ccc(OC(C)C)cc1)NCCCCN1CCOCC1.I. The Morgan fingerprint density at radius 3 is 2.50 bits per heavy atom. The van der Waals surface area contributed by atoms with Crippen LogP contribution < -0.4 is 15.4 Å². The van der Waals surface area contributed by atoms with E-state index in [4.69, 9.17) is 9.47 Å². The molecule has 0 bridgehead atoms. The molecule has 172 valence electrons. The van der Waals surface area contributed by atoms with Crippen molar-refractivity contribution >= 4 is 29.9 Å². The Bertz CT molecular complexity index is 593. The summed E-state index contributed by atoms with van der Waals surface area (Å²) in [5, 5.41) is 17.0. The summed E-state index contributed by atoms with van der Waals surface area (Å²) < 4.78 is 11.0. The van der Waals surface area contributed by atoms with E-state index in [1.54, 1.807) is 0 Å². The molecule has 0 saturated carbocycles. The van der Waals surface area contributed by atoms with Gasteiger partial charge in [-0.2, -0.15) is 0 Å². The summed E-state index contributed by atoms with van der Waals surface area (Å²) in [6.45, 7) is 12.9. The molecule has 1 fully saturated rings. The Morgan fingerprint density at radius 1 is 1.17 bits per heavy atom. The number of morpholine rings is 1. The third-order valence-corrected chi connectivity index (χ3v) is 4.70. The number of guanidine groups is 1. The summed E-state index contributed by atoms with van der Waals surface area (Å²) in [5.41, 5.74) is 0.839. The topological polar surface area (TPSA) is 78.4 Å². The van der Waals surface area contributed by atoms with Gasteiger partial charge in [0.2, 0.25) is 0 Å². The molecule has 0 spiro atoms. The van der Waals surface area contributed by atoms with Crippen LogP contribution in [0.3, 0.4) is 0 Å². The molecular formula is C22H39IN4O3. The predicted molar refractivity (Wildman–Crippen MR) is 133 cm³/mol. The van der Waals surface area contributed by atoms with Crippen molar-refractivity contribution in [1.29, 1.82) is 0 Å². The fourth-order valence-corrected chi connectivity index (χ4v) is 3.16. The predicted octanol–water partition coefficient (Wildman–Crippen LogP) is 2.79. The first-order valence-electron chi connectivity index (χ1n) is 10.9. The molecule has 1 unspecified atom stereocenters. The van der Waals surface area contributed by atoms with E-state index < -0.39 is 6.10 Å². The van der Waals surface area contributed by atoms with Crippen LogP contribution in [0.4, 0.5) is 0 Å². The molecule has 1 aromatic rings. The van der Waals surface area contributed by atoms with Crippen LogP contribution in [0, 0.1) is 0 Å². The van der Waals surface area contributed by atoms with E-state index in [0.717, 1.165) is 76.1 Å². The highest BCUT2D eigenvalue weighted by molar-refractivity contribution is 14.0. The summed E-state index contributed by atoms with van der Waals surface area (Å²) in [4.78, 5) is 6.99. The number of aliphatic hydroxyl groups is 1. The van der Waals surface area contributed by atoms with Crippen molar-refractivity contribution in [3.8, 4) is 5.75 Å². The molecule has 0 amide bonds. The molecule has 1 saturated heterocycles. The third kappa shape index (κ3) is 10.8. The second-order valence-electron chi connectivity index (χ2n) is 7.56. The third-order valence-electron chi connectivity index (χ3n) is 4.70. The maximum atomic E-state index is 10.4. The van der Waals surface area contributed by atoms with Crippen LogP contribution in [-0.4, -0.2) is 74.6 Å². The Balaban J connectivity index is 0.00000450. The van der Waals surface area contributed by atoms with E-state index in [0.29, 0.717) is 6.54 Å². The van der Waals surface area contributed by atoms with Gasteiger partial charge < -0.3 is 25.2 Å². The monoisotopic (exact) mass is 534 g/mol. The highest BCUT2D eigenvalue weighted by Crippen LogP contribution is 2.19. The van der Waals surface area contributed by atoms with E-state index in [1.165, 1.54) is 0 Å². The second-order valence-corrected chi connectivity index (χ2v) is 7.56. The minimum atomic E-state index is -0.639. The van der Waals surface area contributed by atoms with Gasteiger partial charge in [0.05, 0.1) is 32.0 Å². The smallest absolute Gasteiger partial charge is 0.191 e. The largest absolute Gasteiger partial charge is 0.491 e. The first kappa shape index (κ1) is 26.9. The van der Waals surface area contributed by atoms with Gasteiger partial charge in [0.1, 0.15) is 5.75 Å². The normalized spacial score (nSPS) is 16.1. The van der Waals surface area contributed by atoms with Gasteiger partial charge in [0.25, 0.3) is 0 Å². The van der Waals surface area contributed by atoms with Crippen molar-refractivity contribution < 1.29 is 14.6 Å². The number of nitrogens with one attached hydrogen (secondary N) is 2. The van der Waals surface area contributed by atoms with E-state index in [9.17, 15) is 5.11 Å². The number of unbranched alkanes of at least 4 members (excludes halogenated alkanes) is 1. The average Bonchev–Trinajstić information content (AvgIpc) is 2.72. The second kappa shape index (κ2) is 15.7. The number of aliphatic imine (C=N–C) groups is 1. The number of hydrogen-bond acceptors (Lipinski definition) is 5. The lowest BCUT2D eigenvalue weighted by Crippen LogP contribution is -2.39. The van der Waals surface area contributed by atoms with E-state index in [1.807, 2.05) is 45.0 Å². The summed E-state index contributed by atoms with van der Waals surface area (Å²) in [7, 11) is 0. The van der Waals surface area contributed by atoms with Gasteiger partial charge in [0.15, 0.2) is 5.96 Å². The summed E-state index contributed by atoms with van der Waals surface area (Å²) in [6, 6.07) is 7.56. The van der Waals surface area contributed by atoms with Crippen molar-refractivity contribution in [1.82, 2.24) is 15.5 Å². The number of ether oxygens (including phenoxy) is 2. The number of aliphatic hydroxyl groups excluding tert-OH is 1. The number of halogens is 1. The lowest BCUT2D eigenvalue weighted by molar-refractivity contribution is 0.0372. The Hall–Kier alpha value is -1.10. The van der Waals surface area contributed by atoms with Gasteiger partial charge in [-0.05, 0) is 57.9 Å². The molecule has 1 atom stereocenters. The minimum Gasteiger partial charge on any atom is -0.491 e.